The van der Waals surface area contributed by atoms with Gasteiger partial charge in [-0.2, -0.15) is 8.78 Å². The van der Waals surface area contributed by atoms with Crippen molar-refractivity contribution in [2.45, 2.75) is 38.8 Å². The van der Waals surface area contributed by atoms with Gasteiger partial charge in [0.25, 0.3) is 0 Å². The number of hydrogen-bond acceptors (Lipinski definition) is 3. The number of nitrogens with one attached hydrogen (secondary N) is 1. The summed E-state index contributed by atoms with van der Waals surface area (Å²) in [5, 5.41) is 2.81. The monoisotopic (exact) mass is 381 g/mol. The molecule has 1 amide bonds. The zero-order chi connectivity index (χ0) is 19.6. The summed E-state index contributed by atoms with van der Waals surface area (Å²) in [7, 11) is 0. The standard InChI is InChI=1S/C20H22F3NO3/c1-2-16(14-8-3-5-10-17(14)27-20(22)23)24-19(25)12-7-13-26-18-11-6-4-9-15(18)21/h3-6,8-11,16,20H,2,7,12-13H2,1H3,(H,24,25). The van der Waals surface area contributed by atoms with E-state index in [2.05, 4.69) is 10.1 Å². The number of halogens is 3. The third-order valence-corrected chi connectivity index (χ3v) is 3.90. The van der Waals surface area contributed by atoms with Gasteiger partial charge in [-0.25, -0.2) is 4.39 Å². The molecule has 0 heterocycles. The summed E-state index contributed by atoms with van der Waals surface area (Å²) in [4.78, 5) is 12.2. The van der Waals surface area contributed by atoms with E-state index in [4.69, 9.17) is 4.74 Å². The second-order valence-corrected chi connectivity index (χ2v) is 5.83. The summed E-state index contributed by atoms with van der Waals surface area (Å²) in [5.74, 6) is -0.514. The van der Waals surface area contributed by atoms with Gasteiger partial charge in [-0.05, 0) is 31.0 Å². The molecule has 1 unspecified atom stereocenters. The van der Waals surface area contributed by atoms with Crippen molar-refractivity contribution in [1.29, 1.82) is 0 Å². The lowest BCUT2D eigenvalue weighted by Crippen LogP contribution is -2.28. The van der Waals surface area contributed by atoms with Crippen LogP contribution in [0.15, 0.2) is 48.5 Å². The van der Waals surface area contributed by atoms with E-state index in [9.17, 15) is 18.0 Å². The zero-order valence-electron chi connectivity index (χ0n) is 15.0. The molecule has 4 nitrogen and oxygen atoms in total. The lowest BCUT2D eigenvalue weighted by molar-refractivity contribution is -0.122. The number of benzene rings is 2. The summed E-state index contributed by atoms with van der Waals surface area (Å²) in [6.45, 7) is -0.906. The minimum Gasteiger partial charge on any atom is -0.491 e. The van der Waals surface area contributed by atoms with Crippen molar-refractivity contribution in [3.05, 3.63) is 59.9 Å². The van der Waals surface area contributed by atoms with Crippen LogP contribution in [0.25, 0.3) is 0 Å². The second kappa shape index (κ2) is 10.4. The molecular weight excluding hydrogens is 359 g/mol. The van der Waals surface area contributed by atoms with Crippen molar-refractivity contribution >= 4 is 5.91 Å². The van der Waals surface area contributed by atoms with Crippen molar-refractivity contribution in [1.82, 2.24) is 5.32 Å². The number of alkyl halides is 2. The topological polar surface area (TPSA) is 47.6 Å². The molecule has 27 heavy (non-hydrogen) atoms. The van der Waals surface area contributed by atoms with E-state index < -0.39 is 18.5 Å². The molecule has 146 valence electrons. The van der Waals surface area contributed by atoms with Crippen LogP contribution in [0.4, 0.5) is 13.2 Å². The van der Waals surface area contributed by atoms with Crippen molar-refractivity contribution in [3.63, 3.8) is 0 Å². The quantitative estimate of drug-likeness (QED) is 0.598. The first kappa shape index (κ1) is 20.6. The molecule has 0 aliphatic carbocycles. The van der Waals surface area contributed by atoms with Gasteiger partial charge in [0.1, 0.15) is 5.75 Å². The Morgan fingerprint density at radius 3 is 2.41 bits per heavy atom. The molecule has 0 aromatic heterocycles. The largest absolute Gasteiger partial charge is 0.491 e. The van der Waals surface area contributed by atoms with Crippen LogP contribution in [-0.2, 0) is 4.79 Å². The highest BCUT2D eigenvalue weighted by Gasteiger charge is 2.18. The van der Waals surface area contributed by atoms with Gasteiger partial charge in [0, 0.05) is 12.0 Å². The summed E-state index contributed by atoms with van der Waals surface area (Å²) >= 11 is 0. The molecule has 0 aliphatic rings. The first-order valence-corrected chi connectivity index (χ1v) is 8.71. The van der Waals surface area contributed by atoms with Gasteiger partial charge < -0.3 is 14.8 Å². The third kappa shape index (κ3) is 6.51. The molecule has 2 aromatic rings. The fourth-order valence-corrected chi connectivity index (χ4v) is 2.61. The summed E-state index contributed by atoms with van der Waals surface area (Å²) in [6, 6.07) is 12.0. The average Bonchev–Trinajstić information content (AvgIpc) is 2.65. The van der Waals surface area contributed by atoms with E-state index in [1.54, 1.807) is 30.3 Å². The molecule has 1 N–H and O–H groups in total. The van der Waals surface area contributed by atoms with Gasteiger partial charge in [-0.1, -0.05) is 37.3 Å². The number of ether oxygens (including phenoxy) is 2. The first-order chi connectivity index (χ1) is 13.0. The summed E-state index contributed by atoms with van der Waals surface area (Å²) in [6.07, 6.45) is 1.08. The van der Waals surface area contributed by atoms with Gasteiger partial charge >= 0.3 is 6.61 Å². The van der Waals surface area contributed by atoms with Crippen LogP contribution in [0.2, 0.25) is 0 Å². The lowest BCUT2D eigenvalue weighted by atomic mass is 10.0. The van der Waals surface area contributed by atoms with Crippen LogP contribution in [0.1, 0.15) is 37.8 Å². The van der Waals surface area contributed by atoms with Crippen LogP contribution >= 0.6 is 0 Å². The minimum absolute atomic E-state index is 0.0440. The van der Waals surface area contributed by atoms with Gasteiger partial charge in [0.05, 0.1) is 12.6 Å². The fraction of sp³-hybridized carbons (Fsp3) is 0.350. The van der Waals surface area contributed by atoms with Gasteiger partial charge in [-0.3, -0.25) is 4.79 Å². The van der Waals surface area contributed by atoms with Crippen LogP contribution in [0, 0.1) is 5.82 Å². The highest BCUT2D eigenvalue weighted by molar-refractivity contribution is 5.76. The maximum atomic E-state index is 13.4. The van der Waals surface area contributed by atoms with E-state index in [1.165, 1.54) is 18.2 Å². The smallest absolute Gasteiger partial charge is 0.387 e. The number of carbonyl (C=O) groups is 1. The Kier molecular flexibility index (Phi) is 7.98. The molecule has 7 heteroatoms. The van der Waals surface area contributed by atoms with Gasteiger partial charge in [0.15, 0.2) is 11.6 Å². The van der Waals surface area contributed by atoms with Crippen LogP contribution in [0.3, 0.4) is 0 Å². The SMILES string of the molecule is CCC(NC(=O)CCCOc1ccccc1F)c1ccccc1OC(F)F. The Labute approximate surface area is 156 Å². The molecule has 2 aromatic carbocycles. The van der Waals surface area contributed by atoms with Crippen molar-refractivity contribution in [2.75, 3.05) is 6.61 Å². The average molecular weight is 381 g/mol. The highest BCUT2D eigenvalue weighted by atomic mass is 19.3. The van der Waals surface area contributed by atoms with Crippen molar-refractivity contribution in [2.24, 2.45) is 0 Å². The predicted octanol–water partition coefficient (Wildman–Crippen LogP) is 4.85. The molecular formula is C20H22F3NO3. The predicted molar refractivity (Wildman–Crippen MR) is 95.4 cm³/mol. The maximum Gasteiger partial charge on any atom is 0.387 e. The summed E-state index contributed by atoms with van der Waals surface area (Å²) < 4.78 is 48.4. The van der Waals surface area contributed by atoms with E-state index in [1.807, 2.05) is 6.92 Å². The number of rotatable bonds is 10. The van der Waals surface area contributed by atoms with E-state index >= 15 is 0 Å². The Morgan fingerprint density at radius 1 is 1.07 bits per heavy atom. The Morgan fingerprint density at radius 2 is 1.74 bits per heavy atom. The molecule has 0 fully saturated rings. The third-order valence-electron chi connectivity index (χ3n) is 3.90. The first-order valence-electron chi connectivity index (χ1n) is 8.71. The molecule has 0 saturated carbocycles. The summed E-state index contributed by atoms with van der Waals surface area (Å²) in [5.41, 5.74) is 0.497. The molecule has 0 bridgehead atoms. The minimum atomic E-state index is -2.94. The zero-order valence-corrected chi connectivity index (χ0v) is 15.0. The Bertz CT molecular complexity index is 740. The molecule has 2 rings (SSSR count). The maximum absolute atomic E-state index is 13.4. The van der Waals surface area contributed by atoms with Gasteiger partial charge in [-0.15, -0.1) is 0 Å². The van der Waals surface area contributed by atoms with Crippen LogP contribution < -0.4 is 14.8 Å². The molecule has 0 spiro atoms. The second-order valence-electron chi connectivity index (χ2n) is 5.83. The molecule has 0 aliphatic heterocycles. The van der Waals surface area contributed by atoms with Crippen LogP contribution in [0.5, 0.6) is 11.5 Å². The van der Waals surface area contributed by atoms with E-state index in [-0.39, 0.29) is 30.4 Å². The van der Waals surface area contributed by atoms with E-state index in [0.717, 1.165) is 0 Å². The number of para-hydroxylation sites is 2. The molecule has 1 atom stereocenters. The van der Waals surface area contributed by atoms with Crippen molar-refractivity contribution in [3.8, 4) is 11.5 Å². The van der Waals surface area contributed by atoms with Gasteiger partial charge in [0.2, 0.25) is 5.91 Å². The van der Waals surface area contributed by atoms with E-state index in [0.29, 0.717) is 18.4 Å². The number of carbonyl (C=O) groups excluding carboxylic acids is 1. The lowest BCUT2D eigenvalue weighted by Gasteiger charge is -2.20. The Balaban J connectivity index is 1.85. The fourth-order valence-electron chi connectivity index (χ4n) is 2.61. The molecule has 0 saturated heterocycles. The number of amides is 1. The van der Waals surface area contributed by atoms with Crippen molar-refractivity contribution < 1.29 is 27.4 Å². The van der Waals surface area contributed by atoms with Crippen LogP contribution in [-0.4, -0.2) is 19.1 Å². The highest BCUT2D eigenvalue weighted by Crippen LogP contribution is 2.28. The Hall–Kier alpha value is -2.70. The number of hydrogen-bond donors (Lipinski definition) is 1. The molecule has 0 radical (unpaired) electrons. The normalized spacial score (nSPS) is 11.9.